The Kier molecular flexibility index (Phi) is 6.69. The molecule has 0 saturated carbocycles. The second-order valence-electron chi connectivity index (χ2n) is 7.44. The highest BCUT2D eigenvalue weighted by atomic mass is 16.2. The van der Waals surface area contributed by atoms with Gasteiger partial charge in [-0.25, -0.2) is 0 Å². The maximum Gasteiger partial charge on any atom is 0.227 e. The summed E-state index contributed by atoms with van der Waals surface area (Å²) >= 11 is 0. The molecule has 1 saturated heterocycles. The molecule has 1 aliphatic heterocycles. The molecule has 0 unspecified atom stereocenters. The first-order valence-electron chi connectivity index (χ1n) is 10.0. The third-order valence-electron chi connectivity index (χ3n) is 5.52. The van der Waals surface area contributed by atoms with E-state index in [9.17, 15) is 9.59 Å². The first-order valence-corrected chi connectivity index (χ1v) is 10.0. The minimum atomic E-state index is -0.215. The molecule has 0 spiro atoms. The first kappa shape index (κ1) is 19.9. The Morgan fingerprint density at radius 3 is 2.50 bits per heavy atom. The van der Waals surface area contributed by atoms with E-state index >= 15 is 0 Å². The van der Waals surface area contributed by atoms with Gasteiger partial charge in [-0.05, 0) is 42.5 Å². The van der Waals surface area contributed by atoms with Gasteiger partial charge in [0.05, 0.1) is 11.8 Å². The molecule has 5 nitrogen and oxygen atoms in total. The van der Waals surface area contributed by atoms with Crippen LogP contribution in [0.4, 0.5) is 5.69 Å². The van der Waals surface area contributed by atoms with Crippen molar-refractivity contribution in [3.63, 3.8) is 0 Å². The Bertz CT molecular complexity index is 789. The lowest BCUT2D eigenvalue weighted by Crippen LogP contribution is -2.41. The number of carbonyl (C=O) groups is 2. The molecule has 1 heterocycles. The molecule has 2 atom stereocenters. The van der Waals surface area contributed by atoms with Gasteiger partial charge in [-0.2, -0.15) is 0 Å². The molecule has 28 heavy (non-hydrogen) atoms. The molecule has 1 fully saturated rings. The highest BCUT2D eigenvalue weighted by Crippen LogP contribution is 2.24. The maximum absolute atomic E-state index is 12.6. The number of hydrogen-bond acceptors (Lipinski definition) is 3. The van der Waals surface area contributed by atoms with Crippen molar-refractivity contribution in [3.8, 4) is 0 Å². The summed E-state index contributed by atoms with van der Waals surface area (Å²) in [5.74, 6) is -0.359. The highest BCUT2D eigenvalue weighted by molar-refractivity contribution is 5.83. The Labute approximate surface area is 166 Å². The van der Waals surface area contributed by atoms with Crippen molar-refractivity contribution >= 4 is 17.5 Å². The fourth-order valence-electron chi connectivity index (χ4n) is 3.84. The molecule has 3 rings (SSSR count). The van der Waals surface area contributed by atoms with E-state index in [0.717, 1.165) is 42.6 Å². The average Bonchev–Trinajstić information content (AvgIpc) is 2.74. The summed E-state index contributed by atoms with van der Waals surface area (Å²) in [5, 5.41) is 3.06. The second kappa shape index (κ2) is 9.40. The molecule has 5 heteroatoms. The van der Waals surface area contributed by atoms with E-state index in [1.54, 1.807) is 0 Å². The number of hydrogen-bond donors (Lipinski definition) is 2. The third-order valence-corrected chi connectivity index (χ3v) is 5.52. The minimum Gasteiger partial charge on any atom is -0.371 e. The number of piperidine rings is 1. The van der Waals surface area contributed by atoms with Crippen molar-refractivity contribution in [1.29, 1.82) is 0 Å². The van der Waals surface area contributed by atoms with E-state index in [0.29, 0.717) is 13.1 Å². The number of rotatable bonds is 7. The number of amides is 2. The van der Waals surface area contributed by atoms with E-state index < -0.39 is 0 Å². The van der Waals surface area contributed by atoms with Crippen molar-refractivity contribution in [3.05, 3.63) is 65.7 Å². The highest BCUT2D eigenvalue weighted by Gasteiger charge is 2.24. The summed E-state index contributed by atoms with van der Waals surface area (Å²) in [6.07, 6.45) is 2.62. The molecule has 2 aromatic carbocycles. The number of benzene rings is 2. The van der Waals surface area contributed by atoms with Crippen LogP contribution in [-0.2, 0) is 16.1 Å². The Morgan fingerprint density at radius 2 is 1.86 bits per heavy atom. The molecule has 0 radical (unpaired) electrons. The topological polar surface area (TPSA) is 75.4 Å². The molecule has 1 aliphatic rings. The van der Waals surface area contributed by atoms with Crippen LogP contribution in [-0.4, -0.2) is 24.9 Å². The van der Waals surface area contributed by atoms with E-state index in [2.05, 4.69) is 22.3 Å². The lowest BCUT2D eigenvalue weighted by molar-refractivity contribution is -0.123. The molecule has 0 aromatic heterocycles. The monoisotopic (exact) mass is 379 g/mol. The predicted octanol–water partition coefficient (Wildman–Crippen LogP) is 3.20. The quantitative estimate of drug-likeness (QED) is 0.776. The number of primary amides is 1. The Balaban J connectivity index is 1.57. The molecule has 0 bridgehead atoms. The van der Waals surface area contributed by atoms with Gasteiger partial charge in [-0.3, -0.25) is 9.59 Å². The van der Waals surface area contributed by atoms with Gasteiger partial charge >= 0.3 is 0 Å². The van der Waals surface area contributed by atoms with Crippen molar-refractivity contribution < 1.29 is 9.59 Å². The maximum atomic E-state index is 12.6. The molecular formula is C23H29N3O2. The van der Waals surface area contributed by atoms with Crippen molar-refractivity contribution in [2.24, 2.45) is 11.7 Å². The number of nitrogens with one attached hydrogen (secondary N) is 1. The van der Waals surface area contributed by atoms with Crippen molar-refractivity contribution in [2.45, 2.75) is 38.6 Å². The minimum absolute atomic E-state index is 0.0538. The fourth-order valence-corrected chi connectivity index (χ4v) is 3.84. The Morgan fingerprint density at radius 1 is 1.14 bits per heavy atom. The van der Waals surface area contributed by atoms with E-state index in [-0.39, 0.29) is 23.7 Å². The normalized spacial score (nSPS) is 17.8. The number of nitrogens with two attached hydrogens (primary N) is 1. The standard InChI is InChI=1S/C23H29N3O2/c1-2-21(18-7-4-3-5-8-18)23(28)25-15-17-10-12-20(13-11-17)26-14-6-9-19(16-26)22(24)27/h3-5,7-8,10-13,19,21H,2,6,9,14-16H2,1H3,(H2,24,27)(H,25,28)/t19-,21-/m1/s1. The van der Waals surface area contributed by atoms with Gasteiger partial charge in [0, 0.05) is 25.3 Å². The first-order chi connectivity index (χ1) is 13.6. The summed E-state index contributed by atoms with van der Waals surface area (Å²) < 4.78 is 0. The summed E-state index contributed by atoms with van der Waals surface area (Å²) in [6.45, 7) is 4.16. The Hall–Kier alpha value is -2.82. The smallest absolute Gasteiger partial charge is 0.227 e. The van der Waals surface area contributed by atoms with Crippen molar-refractivity contribution in [1.82, 2.24) is 5.32 Å². The molecule has 3 N–H and O–H groups in total. The van der Waals surface area contributed by atoms with Gasteiger partial charge in [-0.1, -0.05) is 49.4 Å². The van der Waals surface area contributed by atoms with E-state index in [4.69, 9.17) is 5.73 Å². The summed E-state index contributed by atoms with van der Waals surface area (Å²) in [7, 11) is 0. The van der Waals surface area contributed by atoms with Gasteiger partial charge in [0.2, 0.25) is 11.8 Å². The lowest BCUT2D eigenvalue weighted by Gasteiger charge is -2.33. The largest absolute Gasteiger partial charge is 0.371 e. The van der Waals surface area contributed by atoms with Crippen LogP contribution in [0, 0.1) is 5.92 Å². The predicted molar refractivity (Wildman–Crippen MR) is 112 cm³/mol. The van der Waals surface area contributed by atoms with Crippen molar-refractivity contribution in [2.75, 3.05) is 18.0 Å². The van der Waals surface area contributed by atoms with E-state index in [1.165, 1.54) is 0 Å². The summed E-state index contributed by atoms with van der Waals surface area (Å²) in [4.78, 5) is 26.3. The second-order valence-corrected chi connectivity index (χ2v) is 7.44. The zero-order valence-corrected chi connectivity index (χ0v) is 16.4. The molecular weight excluding hydrogens is 350 g/mol. The molecule has 2 amide bonds. The van der Waals surface area contributed by atoms with Crippen LogP contribution in [0.2, 0.25) is 0 Å². The van der Waals surface area contributed by atoms with Crippen LogP contribution < -0.4 is 16.0 Å². The number of carbonyl (C=O) groups excluding carboxylic acids is 2. The van der Waals surface area contributed by atoms with Crippen LogP contribution in [0.3, 0.4) is 0 Å². The zero-order chi connectivity index (χ0) is 19.9. The van der Waals surface area contributed by atoms with Gasteiger partial charge in [-0.15, -0.1) is 0 Å². The molecule has 2 aromatic rings. The SMILES string of the molecule is CC[C@@H](C(=O)NCc1ccc(N2CCC[C@@H](C(N)=O)C2)cc1)c1ccccc1. The van der Waals surface area contributed by atoms with Crippen LogP contribution >= 0.6 is 0 Å². The number of anilines is 1. The van der Waals surface area contributed by atoms with Crippen LogP contribution in [0.15, 0.2) is 54.6 Å². The average molecular weight is 380 g/mol. The summed E-state index contributed by atoms with van der Waals surface area (Å²) in [5.41, 5.74) is 8.67. The van der Waals surface area contributed by atoms with Crippen LogP contribution in [0.25, 0.3) is 0 Å². The molecule has 0 aliphatic carbocycles. The van der Waals surface area contributed by atoms with E-state index in [1.807, 2.05) is 49.4 Å². The third kappa shape index (κ3) is 4.91. The van der Waals surface area contributed by atoms with Crippen LogP contribution in [0.5, 0.6) is 0 Å². The zero-order valence-electron chi connectivity index (χ0n) is 16.4. The van der Waals surface area contributed by atoms with Gasteiger partial charge < -0.3 is 16.0 Å². The molecule has 148 valence electrons. The fraction of sp³-hybridized carbons (Fsp3) is 0.391. The van der Waals surface area contributed by atoms with Gasteiger partial charge in [0.1, 0.15) is 0 Å². The van der Waals surface area contributed by atoms with Gasteiger partial charge in [0.25, 0.3) is 0 Å². The lowest BCUT2D eigenvalue weighted by atomic mass is 9.95. The van der Waals surface area contributed by atoms with Gasteiger partial charge in [0.15, 0.2) is 0 Å². The van der Waals surface area contributed by atoms with Crippen LogP contribution in [0.1, 0.15) is 43.2 Å². The number of nitrogens with zero attached hydrogens (tertiary/aromatic N) is 1. The summed E-state index contributed by atoms with van der Waals surface area (Å²) in [6, 6.07) is 18.1.